The molecule has 0 spiro atoms. The molecule has 6 rings (SSSR count). The zero-order valence-corrected chi connectivity index (χ0v) is 20.8. The molecule has 3 aliphatic rings. The van der Waals surface area contributed by atoms with Crippen molar-refractivity contribution in [1.82, 2.24) is 25.2 Å². The normalized spacial score (nSPS) is 31.2. The van der Waals surface area contributed by atoms with Crippen molar-refractivity contribution in [3.63, 3.8) is 0 Å². The summed E-state index contributed by atoms with van der Waals surface area (Å²) in [7, 11) is 1.92. The Bertz CT molecular complexity index is 1220. The molecule has 5 atom stereocenters. The number of fused-ring (bicyclic) bond motifs is 3. The maximum atomic E-state index is 13.3. The van der Waals surface area contributed by atoms with Crippen molar-refractivity contribution in [2.45, 2.75) is 75.4 Å². The van der Waals surface area contributed by atoms with Crippen LogP contribution in [0.15, 0.2) is 11.4 Å². The number of aryl methyl sites for hydroxylation is 1. The molecule has 3 aromatic heterocycles. The average molecular weight is 488 g/mol. The zero-order chi connectivity index (χ0) is 22.2. The van der Waals surface area contributed by atoms with E-state index in [-0.39, 0.29) is 29.3 Å². The summed E-state index contributed by atoms with van der Waals surface area (Å²) in [6.45, 7) is 4.22. The van der Waals surface area contributed by atoms with Crippen molar-refractivity contribution in [2.24, 2.45) is 0 Å². The monoisotopic (exact) mass is 487 g/mol. The van der Waals surface area contributed by atoms with Crippen molar-refractivity contribution >= 4 is 50.4 Å². The van der Waals surface area contributed by atoms with Crippen LogP contribution < -0.4 is 5.32 Å². The number of thiazole rings is 1. The lowest BCUT2D eigenvalue weighted by atomic mass is 9.88. The third kappa shape index (κ3) is 3.47. The summed E-state index contributed by atoms with van der Waals surface area (Å²) >= 11 is 9.59. The SMILES string of the molecule is Cc1nc([C@H]2C[C@@H]2c2nc(C(=O)N(C)[C@H]3C[C@H]4CC[C@@](C)(C3)N4)sc2Cl)c2ccsc2n1. The number of nitrogens with zero attached hydrogens (tertiary/aromatic N) is 4. The smallest absolute Gasteiger partial charge is 0.282 e. The van der Waals surface area contributed by atoms with Crippen LogP contribution in [-0.4, -0.2) is 50.4 Å². The minimum Gasteiger partial charge on any atom is -0.337 e. The van der Waals surface area contributed by atoms with Crippen LogP contribution in [-0.2, 0) is 0 Å². The van der Waals surface area contributed by atoms with Gasteiger partial charge in [0.05, 0.1) is 11.4 Å². The zero-order valence-electron chi connectivity index (χ0n) is 18.4. The van der Waals surface area contributed by atoms with Gasteiger partial charge < -0.3 is 10.2 Å². The molecule has 9 heteroatoms. The van der Waals surface area contributed by atoms with Gasteiger partial charge in [0.2, 0.25) is 0 Å². The maximum Gasteiger partial charge on any atom is 0.282 e. The molecule has 3 fully saturated rings. The molecule has 1 saturated carbocycles. The third-order valence-corrected chi connectivity index (χ3v) is 9.54. The highest BCUT2D eigenvalue weighted by atomic mass is 35.5. The lowest BCUT2D eigenvalue weighted by molar-refractivity contribution is 0.0648. The number of rotatable bonds is 4. The molecule has 2 bridgehead atoms. The summed E-state index contributed by atoms with van der Waals surface area (Å²) in [6.07, 6.45) is 5.35. The maximum absolute atomic E-state index is 13.3. The van der Waals surface area contributed by atoms with E-state index in [1.807, 2.05) is 18.9 Å². The first-order valence-electron chi connectivity index (χ1n) is 11.2. The van der Waals surface area contributed by atoms with Gasteiger partial charge in [-0.2, -0.15) is 0 Å². The summed E-state index contributed by atoms with van der Waals surface area (Å²) < 4.78 is 0.638. The van der Waals surface area contributed by atoms with E-state index in [1.165, 1.54) is 24.2 Å². The lowest BCUT2D eigenvalue weighted by Gasteiger charge is -2.40. The minimum atomic E-state index is -0.00615. The Kier molecular flexibility index (Phi) is 4.88. The first-order valence-corrected chi connectivity index (χ1v) is 13.3. The number of amides is 1. The number of nitrogens with one attached hydrogen (secondary N) is 1. The van der Waals surface area contributed by atoms with Crippen LogP contribution in [0.2, 0.25) is 4.34 Å². The molecule has 168 valence electrons. The fourth-order valence-electron chi connectivity index (χ4n) is 5.72. The van der Waals surface area contributed by atoms with E-state index in [0.717, 1.165) is 46.7 Å². The van der Waals surface area contributed by atoms with Crippen molar-refractivity contribution in [3.8, 4) is 0 Å². The number of carbonyl (C=O) groups is 1. The van der Waals surface area contributed by atoms with Crippen LogP contribution in [0.5, 0.6) is 0 Å². The molecule has 0 aromatic carbocycles. The second-order valence-corrected chi connectivity index (χ2v) is 12.4. The summed E-state index contributed by atoms with van der Waals surface area (Å²) in [5.41, 5.74) is 2.10. The van der Waals surface area contributed by atoms with Gasteiger partial charge in [0.25, 0.3) is 5.91 Å². The van der Waals surface area contributed by atoms with Crippen molar-refractivity contribution < 1.29 is 4.79 Å². The Hall–Kier alpha value is -1.61. The van der Waals surface area contributed by atoms with Gasteiger partial charge in [0.15, 0.2) is 5.01 Å². The largest absolute Gasteiger partial charge is 0.337 e. The van der Waals surface area contributed by atoms with E-state index in [0.29, 0.717) is 15.4 Å². The molecule has 1 aliphatic carbocycles. The highest BCUT2D eigenvalue weighted by molar-refractivity contribution is 7.17. The Labute approximate surface area is 200 Å². The number of aromatic nitrogens is 3. The van der Waals surface area contributed by atoms with Crippen molar-refractivity contribution in [3.05, 3.63) is 38.0 Å². The molecule has 1 N–H and O–H groups in total. The van der Waals surface area contributed by atoms with Gasteiger partial charge in [-0.15, -0.1) is 11.3 Å². The summed E-state index contributed by atoms with van der Waals surface area (Å²) in [4.78, 5) is 30.3. The minimum absolute atomic E-state index is 0.00615. The predicted octanol–water partition coefficient (Wildman–Crippen LogP) is 5.13. The van der Waals surface area contributed by atoms with Gasteiger partial charge in [0, 0.05) is 41.9 Å². The first-order chi connectivity index (χ1) is 15.3. The number of hydrogen-bond donors (Lipinski definition) is 1. The third-order valence-electron chi connectivity index (χ3n) is 7.46. The Morgan fingerprint density at radius 3 is 2.88 bits per heavy atom. The molecule has 0 unspecified atom stereocenters. The number of piperidine rings is 1. The second-order valence-electron chi connectivity index (χ2n) is 9.87. The molecule has 32 heavy (non-hydrogen) atoms. The van der Waals surface area contributed by atoms with Gasteiger partial charge in [0.1, 0.15) is 15.0 Å². The van der Waals surface area contributed by atoms with Crippen molar-refractivity contribution in [2.75, 3.05) is 7.05 Å². The van der Waals surface area contributed by atoms with Gasteiger partial charge in [-0.1, -0.05) is 22.9 Å². The van der Waals surface area contributed by atoms with Crippen molar-refractivity contribution in [1.29, 1.82) is 0 Å². The van der Waals surface area contributed by atoms with E-state index < -0.39 is 0 Å². The molecule has 3 aromatic rings. The standard InChI is InChI=1S/C23H26ClN5OS2/c1-11-25-17(14-5-7-31-20(14)26-11)15-9-16(15)18-19(24)32-21(27-18)22(30)29(3)13-8-12-4-6-23(2,10-13)28-12/h5,7,12-13,15-16,28H,4,6,8-10H2,1-3H3/t12-,13+,15+,16+,23+/m1/s1. The molecular formula is C23H26ClN5OS2. The average Bonchev–Trinajstić information content (AvgIpc) is 3.07. The van der Waals surface area contributed by atoms with E-state index >= 15 is 0 Å². The Morgan fingerprint density at radius 1 is 1.25 bits per heavy atom. The quantitative estimate of drug-likeness (QED) is 0.552. The van der Waals surface area contributed by atoms with Crippen LogP contribution in [0, 0.1) is 6.92 Å². The first kappa shape index (κ1) is 21.0. The molecule has 2 saturated heterocycles. The van der Waals surface area contributed by atoms with Crippen LogP contribution in [0.3, 0.4) is 0 Å². The van der Waals surface area contributed by atoms with E-state index in [4.69, 9.17) is 21.6 Å². The highest BCUT2D eigenvalue weighted by Crippen LogP contribution is 2.57. The molecule has 0 radical (unpaired) electrons. The second kappa shape index (κ2) is 7.45. The molecule has 6 nitrogen and oxygen atoms in total. The van der Waals surface area contributed by atoms with Gasteiger partial charge in [-0.3, -0.25) is 4.79 Å². The van der Waals surface area contributed by atoms with Crippen LogP contribution in [0.1, 0.15) is 77.9 Å². The van der Waals surface area contributed by atoms with E-state index in [9.17, 15) is 4.79 Å². The fourth-order valence-corrected chi connectivity index (χ4v) is 7.78. The van der Waals surface area contributed by atoms with Crippen LogP contribution >= 0.6 is 34.3 Å². The molecule has 2 aliphatic heterocycles. The Balaban J connectivity index is 1.22. The van der Waals surface area contributed by atoms with E-state index in [1.54, 1.807) is 11.3 Å². The summed E-state index contributed by atoms with van der Waals surface area (Å²) in [5.74, 6) is 1.30. The van der Waals surface area contributed by atoms with Crippen LogP contribution in [0.4, 0.5) is 0 Å². The van der Waals surface area contributed by atoms with Gasteiger partial charge in [-0.05, 0) is 57.4 Å². The highest BCUT2D eigenvalue weighted by Gasteiger charge is 2.46. The van der Waals surface area contributed by atoms with Crippen LogP contribution in [0.25, 0.3) is 10.2 Å². The lowest BCUT2D eigenvalue weighted by Crippen LogP contribution is -2.54. The number of carbonyl (C=O) groups excluding carboxylic acids is 1. The number of halogens is 1. The summed E-state index contributed by atoms with van der Waals surface area (Å²) in [6, 6.07) is 2.86. The van der Waals surface area contributed by atoms with E-state index in [2.05, 4.69) is 28.7 Å². The van der Waals surface area contributed by atoms with Gasteiger partial charge >= 0.3 is 0 Å². The number of thiophene rings is 1. The fraction of sp³-hybridized carbons (Fsp3) is 0.565. The summed E-state index contributed by atoms with van der Waals surface area (Å²) in [5, 5.41) is 7.42. The topological polar surface area (TPSA) is 71.0 Å². The number of hydrogen-bond acceptors (Lipinski definition) is 7. The van der Waals surface area contributed by atoms with Gasteiger partial charge in [-0.25, -0.2) is 15.0 Å². The molecule has 5 heterocycles. The molecule has 1 amide bonds. The predicted molar refractivity (Wildman–Crippen MR) is 129 cm³/mol. The Morgan fingerprint density at radius 2 is 2.06 bits per heavy atom. The molecular weight excluding hydrogens is 462 g/mol.